The summed E-state index contributed by atoms with van der Waals surface area (Å²) in [6, 6.07) is 9.34. The molecule has 1 saturated heterocycles. The van der Waals surface area contributed by atoms with Gasteiger partial charge in [-0.25, -0.2) is 0 Å². The van der Waals surface area contributed by atoms with E-state index in [1.807, 2.05) is 30.3 Å². The monoisotopic (exact) mass is 262 g/mol. The lowest BCUT2D eigenvalue weighted by Gasteiger charge is -2.33. The minimum absolute atomic E-state index is 0.00185. The van der Waals surface area contributed by atoms with Gasteiger partial charge >= 0.3 is 0 Å². The molecule has 4 heteroatoms. The second kappa shape index (κ2) is 6.68. The van der Waals surface area contributed by atoms with Crippen LogP contribution in [0.25, 0.3) is 0 Å². The minimum atomic E-state index is -0.486. The predicted molar refractivity (Wildman–Crippen MR) is 74.5 cm³/mol. The predicted octanol–water partition coefficient (Wildman–Crippen LogP) is 0.787. The van der Waals surface area contributed by atoms with E-state index < -0.39 is 6.04 Å². The number of nitrogens with two attached hydrogens (primary N) is 1. The quantitative estimate of drug-likeness (QED) is 0.843. The first-order valence-electron chi connectivity index (χ1n) is 6.90. The molecule has 0 spiro atoms. The molecule has 1 heterocycles. The van der Waals surface area contributed by atoms with Crippen molar-refractivity contribution in [1.29, 1.82) is 0 Å². The van der Waals surface area contributed by atoms with Crippen molar-refractivity contribution < 1.29 is 9.90 Å². The summed E-state index contributed by atoms with van der Waals surface area (Å²) in [6.45, 7) is 1.55. The van der Waals surface area contributed by atoms with Crippen molar-refractivity contribution in [3.8, 4) is 0 Å². The van der Waals surface area contributed by atoms with Gasteiger partial charge in [-0.2, -0.15) is 0 Å². The molecular weight excluding hydrogens is 240 g/mol. The van der Waals surface area contributed by atoms with Gasteiger partial charge in [0.15, 0.2) is 0 Å². The highest BCUT2D eigenvalue weighted by Gasteiger charge is 2.26. The largest absolute Gasteiger partial charge is 0.396 e. The van der Waals surface area contributed by atoms with Crippen LogP contribution < -0.4 is 5.73 Å². The van der Waals surface area contributed by atoms with Gasteiger partial charge in [0.05, 0.1) is 6.04 Å². The summed E-state index contributed by atoms with van der Waals surface area (Å²) in [5.74, 6) is 0.212. The van der Waals surface area contributed by atoms with Crippen molar-refractivity contribution in [2.45, 2.75) is 25.3 Å². The maximum atomic E-state index is 12.3. The van der Waals surface area contributed by atoms with Gasteiger partial charge in [-0.1, -0.05) is 30.3 Å². The summed E-state index contributed by atoms with van der Waals surface area (Å²) in [6.07, 6.45) is 2.52. The number of benzene rings is 1. The third-order valence-corrected chi connectivity index (χ3v) is 3.70. The summed E-state index contributed by atoms with van der Waals surface area (Å²) in [5, 5.41) is 9.20. The first-order chi connectivity index (χ1) is 9.20. The van der Waals surface area contributed by atoms with Crippen molar-refractivity contribution in [2.24, 2.45) is 11.7 Å². The number of aliphatic hydroxyl groups is 1. The van der Waals surface area contributed by atoms with Crippen molar-refractivity contribution in [3.63, 3.8) is 0 Å². The zero-order chi connectivity index (χ0) is 13.7. The van der Waals surface area contributed by atoms with Gasteiger partial charge in [0.1, 0.15) is 0 Å². The Morgan fingerprint density at radius 3 is 2.84 bits per heavy atom. The average Bonchev–Trinajstić information content (AvgIpc) is 2.47. The fourth-order valence-electron chi connectivity index (χ4n) is 2.60. The Bertz CT molecular complexity index is 408. The smallest absolute Gasteiger partial charge is 0.239 e. The van der Waals surface area contributed by atoms with Crippen LogP contribution in [0, 0.1) is 5.92 Å². The van der Waals surface area contributed by atoms with Crippen LogP contribution in [0.15, 0.2) is 30.3 Å². The number of nitrogens with zero attached hydrogens (tertiary/aromatic N) is 1. The van der Waals surface area contributed by atoms with Gasteiger partial charge in [-0.05, 0) is 30.7 Å². The lowest BCUT2D eigenvalue weighted by molar-refractivity contribution is -0.134. The fraction of sp³-hybridized carbons (Fsp3) is 0.533. The highest BCUT2D eigenvalue weighted by Crippen LogP contribution is 2.17. The molecule has 0 aliphatic carbocycles. The highest BCUT2D eigenvalue weighted by atomic mass is 16.3. The molecular formula is C15H22N2O2. The fourth-order valence-corrected chi connectivity index (χ4v) is 2.60. The number of rotatable bonds is 4. The number of piperidine rings is 1. The summed E-state index contributed by atoms with van der Waals surface area (Å²) in [7, 11) is 0. The molecule has 19 heavy (non-hydrogen) atoms. The second-order valence-corrected chi connectivity index (χ2v) is 5.27. The molecule has 0 bridgehead atoms. The van der Waals surface area contributed by atoms with Crippen LogP contribution in [0.5, 0.6) is 0 Å². The molecule has 2 rings (SSSR count). The molecule has 3 N–H and O–H groups in total. The molecule has 0 radical (unpaired) electrons. The molecule has 104 valence electrons. The topological polar surface area (TPSA) is 66.6 Å². The Morgan fingerprint density at radius 2 is 2.16 bits per heavy atom. The van der Waals surface area contributed by atoms with Crippen molar-refractivity contribution in [3.05, 3.63) is 35.9 Å². The lowest BCUT2D eigenvalue weighted by Crippen LogP contribution is -2.49. The van der Waals surface area contributed by atoms with Gasteiger partial charge in [-0.3, -0.25) is 4.79 Å². The van der Waals surface area contributed by atoms with E-state index in [4.69, 9.17) is 5.73 Å². The van der Waals surface area contributed by atoms with Crippen LogP contribution in [-0.4, -0.2) is 41.7 Å². The number of hydrogen-bond acceptors (Lipinski definition) is 3. The summed E-state index contributed by atoms with van der Waals surface area (Å²) in [4.78, 5) is 14.1. The maximum Gasteiger partial charge on any atom is 0.239 e. The van der Waals surface area contributed by atoms with Crippen molar-refractivity contribution in [1.82, 2.24) is 4.90 Å². The number of aliphatic hydroxyl groups excluding tert-OH is 1. The average molecular weight is 262 g/mol. The number of likely N-dealkylation sites (tertiary alicyclic amines) is 1. The molecule has 0 aromatic heterocycles. The van der Waals surface area contributed by atoms with Gasteiger partial charge in [0, 0.05) is 19.7 Å². The molecule has 2 atom stereocenters. The third-order valence-electron chi connectivity index (χ3n) is 3.70. The number of carbonyl (C=O) groups excluding carboxylic acids is 1. The molecule has 4 nitrogen and oxygen atoms in total. The number of carbonyl (C=O) groups is 1. The molecule has 1 aromatic rings. The molecule has 2 unspecified atom stereocenters. The summed E-state index contributed by atoms with van der Waals surface area (Å²) in [5.41, 5.74) is 7.10. The highest BCUT2D eigenvalue weighted by molar-refractivity contribution is 5.82. The zero-order valence-corrected chi connectivity index (χ0v) is 11.2. The molecule has 1 aliphatic rings. The second-order valence-electron chi connectivity index (χ2n) is 5.27. The Labute approximate surface area is 114 Å². The molecule has 1 fully saturated rings. The maximum absolute atomic E-state index is 12.3. The van der Waals surface area contributed by atoms with Gasteiger partial charge in [-0.15, -0.1) is 0 Å². The zero-order valence-electron chi connectivity index (χ0n) is 11.2. The first kappa shape index (κ1) is 14.0. The van der Waals surface area contributed by atoms with Gasteiger partial charge in [0.2, 0.25) is 5.91 Å². The SMILES string of the molecule is NC(Cc1ccccc1)C(=O)N1CCCC(CO)C1. The third kappa shape index (κ3) is 3.78. The lowest BCUT2D eigenvalue weighted by atomic mass is 9.97. The Balaban J connectivity index is 1.91. The first-order valence-corrected chi connectivity index (χ1v) is 6.90. The molecule has 1 aromatic carbocycles. The van der Waals surface area contributed by atoms with E-state index >= 15 is 0 Å². The van der Waals surface area contributed by atoms with Crippen LogP contribution in [0.1, 0.15) is 18.4 Å². The Morgan fingerprint density at radius 1 is 1.42 bits per heavy atom. The molecule has 1 amide bonds. The minimum Gasteiger partial charge on any atom is -0.396 e. The number of hydrogen-bond donors (Lipinski definition) is 2. The van der Waals surface area contributed by atoms with E-state index in [1.54, 1.807) is 4.90 Å². The summed E-state index contributed by atoms with van der Waals surface area (Å²) >= 11 is 0. The van der Waals surface area contributed by atoms with Gasteiger partial charge < -0.3 is 15.7 Å². The van der Waals surface area contributed by atoms with Gasteiger partial charge in [0.25, 0.3) is 0 Å². The van der Waals surface area contributed by atoms with E-state index in [9.17, 15) is 9.90 Å². The standard InChI is InChI=1S/C15H22N2O2/c16-14(9-12-5-2-1-3-6-12)15(19)17-8-4-7-13(10-17)11-18/h1-3,5-6,13-14,18H,4,7-11,16H2. The van der Waals surface area contributed by atoms with Crippen molar-refractivity contribution in [2.75, 3.05) is 19.7 Å². The van der Waals surface area contributed by atoms with Crippen LogP contribution in [-0.2, 0) is 11.2 Å². The summed E-state index contributed by atoms with van der Waals surface area (Å²) < 4.78 is 0. The van der Waals surface area contributed by atoms with E-state index in [0.29, 0.717) is 13.0 Å². The van der Waals surface area contributed by atoms with E-state index in [2.05, 4.69) is 0 Å². The number of amides is 1. The Hall–Kier alpha value is -1.39. The molecule has 1 aliphatic heterocycles. The van der Waals surface area contributed by atoms with Crippen LogP contribution in [0.2, 0.25) is 0 Å². The normalized spacial score (nSPS) is 21.2. The van der Waals surface area contributed by atoms with E-state index in [-0.39, 0.29) is 18.4 Å². The van der Waals surface area contributed by atoms with Crippen LogP contribution in [0.3, 0.4) is 0 Å². The van der Waals surface area contributed by atoms with Crippen molar-refractivity contribution >= 4 is 5.91 Å². The van der Waals surface area contributed by atoms with E-state index in [1.165, 1.54) is 0 Å². The molecule has 0 saturated carbocycles. The van der Waals surface area contributed by atoms with E-state index in [0.717, 1.165) is 24.9 Å². The van der Waals surface area contributed by atoms with Crippen LogP contribution >= 0.6 is 0 Å². The van der Waals surface area contributed by atoms with Crippen LogP contribution in [0.4, 0.5) is 0 Å². The Kier molecular flexibility index (Phi) is 4.93.